The second-order valence-electron chi connectivity index (χ2n) is 5.04. The smallest absolute Gasteiger partial charge is 0.200 e. The van der Waals surface area contributed by atoms with Crippen LogP contribution >= 0.6 is 0 Å². The molecule has 0 spiro atoms. The fraction of sp³-hybridized carbons (Fsp3) is 0.200. The van der Waals surface area contributed by atoms with Crippen molar-refractivity contribution in [2.75, 3.05) is 23.9 Å². The third-order valence-electron chi connectivity index (χ3n) is 3.13. The molecule has 0 aliphatic carbocycles. The highest BCUT2D eigenvalue weighted by Crippen LogP contribution is 2.22. The van der Waals surface area contributed by atoms with Gasteiger partial charge in [-0.1, -0.05) is 12.1 Å². The Morgan fingerprint density at radius 1 is 1.00 bits per heavy atom. The number of aromatic nitrogens is 4. The summed E-state index contributed by atoms with van der Waals surface area (Å²) < 4.78 is 22.6. The van der Waals surface area contributed by atoms with Gasteiger partial charge in [0.05, 0.1) is 11.3 Å². The van der Waals surface area contributed by atoms with E-state index in [4.69, 9.17) is 0 Å². The van der Waals surface area contributed by atoms with Crippen molar-refractivity contribution in [3.8, 4) is 11.6 Å². The number of anilines is 1. The molecule has 0 radical (unpaired) electrons. The van der Waals surface area contributed by atoms with Crippen molar-refractivity contribution in [3.05, 3.63) is 42.7 Å². The monoisotopic (exact) mass is 329 g/mol. The van der Waals surface area contributed by atoms with E-state index in [2.05, 4.69) is 25.3 Å². The Morgan fingerprint density at radius 2 is 1.74 bits per heavy atom. The standard InChI is InChI=1S/C15H15N5O2S/c1-23(21,22)10-9-18-13-11-5-2-3-6-12(11)19-15(20-13)14-16-7-4-8-17-14/h2-8H,9-10H2,1H3,(H,18,19,20). The Morgan fingerprint density at radius 3 is 2.48 bits per heavy atom. The highest BCUT2D eigenvalue weighted by atomic mass is 32.2. The number of para-hydroxylation sites is 1. The van der Waals surface area contributed by atoms with Gasteiger partial charge in [-0.05, 0) is 18.2 Å². The zero-order valence-corrected chi connectivity index (χ0v) is 13.3. The normalized spacial score (nSPS) is 11.5. The summed E-state index contributed by atoms with van der Waals surface area (Å²) in [4.78, 5) is 17.2. The quantitative estimate of drug-likeness (QED) is 0.758. The molecule has 23 heavy (non-hydrogen) atoms. The number of fused-ring (bicyclic) bond motifs is 1. The number of sulfone groups is 1. The molecule has 2 aromatic heterocycles. The number of hydrogen-bond acceptors (Lipinski definition) is 7. The highest BCUT2D eigenvalue weighted by molar-refractivity contribution is 7.90. The molecule has 1 N–H and O–H groups in total. The Hall–Kier alpha value is -2.61. The third kappa shape index (κ3) is 3.78. The first kappa shape index (κ1) is 15.3. The molecule has 0 fully saturated rings. The van der Waals surface area contributed by atoms with Crippen molar-refractivity contribution in [2.45, 2.75) is 0 Å². The summed E-state index contributed by atoms with van der Waals surface area (Å²) in [5, 5.41) is 3.89. The topological polar surface area (TPSA) is 97.7 Å². The van der Waals surface area contributed by atoms with Gasteiger partial charge in [0.15, 0.2) is 11.6 Å². The van der Waals surface area contributed by atoms with E-state index >= 15 is 0 Å². The van der Waals surface area contributed by atoms with E-state index in [9.17, 15) is 8.42 Å². The van der Waals surface area contributed by atoms with Crippen LogP contribution in [0.5, 0.6) is 0 Å². The van der Waals surface area contributed by atoms with Crippen LogP contribution in [0.25, 0.3) is 22.6 Å². The molecule has 118 valence electrons. The van der Waals surface area contributed by atoms with Gasteiger partial charge in [0.1, 0.15) is 15.7 Å². The maximum atomic E-state index is 11.3. The SMILES string of the molecule is CS(=O)(=O)CCNc1nc(-c2ncccn2)nc2ccccc12. The molecule has 0 amide bonds. The summed E-state index contributed by atoms with van der Waals surface area (Å²) in [7, 11) is -3.04. The van der Waals surface area contributed by atoms with Gasteiger partial charge >= 0.3 is 0 Å². The lowest BCUT2D eigenvalue weighted by atomic mass is 10.2. The number of nitrogens with one attached hydrogen (secondary N) is 1. The predicted octanol–water partition coefficient (Wildman–Crippen LogP) is 1.54. The molecule has 0 bridgehead atoms. The second-order valence-corrected chi connectivity index (χ2v) is 7.30. The summed E-state index contributed by atoms with van der Waals surface area (Å²) >= 11 is 0. The molecule has 0 aliphatic heterocycles. The summed E-state index contributed by atoms with van der Waals surface area (Å²) in [6.07, 6.45) is 4.45. The van der Waals surface area contributed by atoms with E-state index in [-0.39, 0.29) is 12.3 Å². The van der Waals surface area contributed by atoms with Crippen LogP contribution in [0.2, 0.25) is 0 Å². The van der Waals surface area contributed by atoms with Crippen molar-refractivity contribution in [3.63, 3.8) is 0 Å². The molecule has 3 aromatic rings. The molecule has 8 heteroatoms. The van der Waals surface area contributed by atoms with Crippen molar-refractivity contribution < 1.29 is 8.42 Å². The average Bonchev–Trinajstić information content (AvgIpc) is 2.54. The Balaban J connectivity index is 2.01. The molecule has 0 unspecified atom stereocenters. The summed E-state index contributed by atoms with van der Waals surface area (Å²) in [6, 6.07) is 9.23. The fourth-order valence-electron chi connectivity index (χ4n) is 2.08. The number of nitrogens with zero attached hydrogens (tertiary/aromatic N) is 4. The Labute approximate surface area is 133 Å². The Kier molecular flexibility index (Phi) is 4.16. The van der Waals surface area contributed by atoms with Crippen LogP contribution in [0, 0.1) is 0 Å². The maximum Gasteiger partial charge on any atom is 0.200 e. The van der Waals surface area contributed by atoms with E-state index in [1.807, 2.05) is 24.3 Å². The van der Waals surface area contributed by atoms with E-state index in [0.717, 1.165) is 10.9 Å². The lowest BCUT2D eigenvalue weighted by Gasteiger charge is -2.10. The number of rotatable bonds is 5. The summed E-state index contributed by atoms with van der Waals surface area (Å²) in [5.74, 6) is 1.42. The molecule has 0 saturated carbocycles. The molecule has 2 heterocycles. The molecule has 0 atom stereocenters. The molecule has 0 saturated heterocycles. The van der Waals surface area contributed by atoms with Gasteiger partial charge in [0.2, 0.25) is 0 Å². The van der Waals surface area contributed by atoms with Gasteiger partial charge in [0.25, 0.3) is 0 Å². The van der Waals surface area contributed by atoms with Gasteiger partial charge in [-0.15, -0.1) is 0 Å². The van der Waals surface area contributed by atoms with Crippen molar-refractivity contribution in [2.24, 2.45) is 0 Å². The van der Waals surface area contributed by atoms with Crippen molar-refractivity contribution in [1.82, 2.24) is 19.9 Å². The highest BCUT2D eigenvalue weighted by Gasteiger charge is 2.11. The number of hydrogen-bond donors (Lipinski definition) is 1. The van der Waals surface area contributed by atoms with Crippen LogP contribution in [-0.2, 0) is 9.84 Å². The molecular formula is C15H15N5O2S. The van der Waals surface area contributed by atoms with Gasteiger partial charge in [-0.3, -0.25) is 0 Å². The van der Waals surface area contributed by atoms with Gasteiger partial charge in [0, 0.05) is 30.6 Å². The van der Waals surface area contributed by atoms with E-state index in [1.165, 1.54) is 6.26 Å². The largest absolute Gasteiger partial charge is 0.368 e. The lowest BCUT2D eigenvalue weighted by molar-refractivity contribution is 0.602. The van der Waals surface area contributed by atoms with Crippen LogP contribution < -0.4 is 5.32 Å². The minimum atomic E-state index is -3.04. The maximum absolute atomic E-state index is 11.3. The molecule has 3 rings (SSSR count). The van der Waals surface area contributed by atoms with Gasteiger partial charge in [-0.2, -0.15) is 0 Å². The molecule has 0 aliphatic rings. The number of benzene rings is 1. The van der Waals surface area contributed by atoms with Gasteiger partial charge in [-0.25, -0.2) is 28.4 Å². The third-order valence-corrected chi connectivity index (χ3v) is 4.08. The van der Waals surface area contributed by atoms with Crippen LogP contribution in [0.15, 0.2) is 42.7 Å². The summed E-state index contributed by atoms with van der Waals surface area (Å²) in [6.45, 7) is 0.273. The van der Waals surface area contributed by atoms with E-state index < -0.39 is 9.84 Å². The Bertz CT molecular complexity index is 929. The zero-order chi connectivity index (χ0) is 16.3. The van der Waals surface area contributed by atoms with E-state index in [0.29, 0.717) is 17.5 Å². The predicted molar refractivity (Wildman–Crippen MR) is 88.8 cm³/mol. The first-order valence-electron chi connectivity index (χ1n) is 6.99. The summed E-state index contributed by atoms with van der Waals surface area (Å²) in [5.41, 5.74) is 0.742. The van der Waals surface area contributed by atoms with Crippen LogP contribution in [0.1, 0.15) is 0 Å². The first-order chi connectivity index (χ1) is 11.0. The van der Waals surface area contributed by atoms with Crippen LogP contribution in [0.3, 0.4) is 0 Å². The minimum absolute atomic E-state index is 0.0303. The van der Waals surface area contributed by atoms with Crippen molar-refractivity contribution in [1.29, 1.82) is 0 Å². The van der Waals surface area contributed by atoms with E-state index in [1.54, 1.807) is 18.5 Å². The molecular weight excluding hydrogens is 314 g/mol. The lowest BCUT2D eigenvalue weighted by Crippen LogP contribution is -2.15. The van der Waals surface area contributed by atoms with Crippen molar-refractivity contribution >= 4 is 26.6 Å². The zero-order valence-electron chi connectivity index (χ0n) is 12.5. The second kappa shape index (κ2) is 6.25. The molecule has 7 nitrogen and oxygen atoms in total. The fourth-order valence-corrected chi connectivity index (χ4v) is 2.55. The van der Waals surface area contributed by atoms with Crippen LogP contribution in [-0.4, -0.2) is 46.9 Å². The van der Waals surface area contributed by atoms with Crippen LogP contribution in [0.4, 0.5) is 5.82 Å². The molecule has 1 aromatic carbocycles. The van der Waals surface area contributed by atoms with Gasteiger partial charge < -0.3 is 5.32 Å². The first-order valence-corrected chi connectivity index (χ1v) is 9.05. The average molecular weight is 329 g/mol. The minimum Gasteiger partial charge on any atom is -0.368 e.